The van der Waals surface area contributed by atoms with Crippen molar-refractivity contribution in [2.45, 2.75) is 62.0 Å². The molecule has 0 spiro atoms. The third kappa shape index (κ3) is 2.87. The van der Waals surface area contributed by atoms with E-state index >= 15 is 0 Å². The second-order valence-corrected chi connectivity index (χ2v) is 7.45. The molecule has 18 heavy (non-hydrogen) atoms. The normalized spacial score (nSPS) is 35.7. The van der Waals surface area contributed by atoms with E-state index in [1.54, 1.807) is 0 Å². The van der Waals surface area contributed by atoms with Crippen LogP contribution < -0.4 is 5.32 Å². The van der Waals surface area contributed by atoms with Crippen molar-refractivity contribution in [1.29, 1.82) is 0 Å². The van der Waals surface area contributed by atoms with Gasteiger partial charge in [0.25, 0.3) is 0 Å². The lowest BCUT2D eigenvalue weighted by atomic mass is 9.96. The first-order valence-corrected chi connectivity index (χ1v) is 8.40. The molecule has 0 aromatic rings. The Morgan fingerprint density at radius 3 is 2.56 bits per heavy atom. The molecular formula is C14H25NO2S. The predicted octanol–water partition coefficient (Wildman–Crippen LogP) is 1.79. The lowest BCUT2D eigenvalue weighted by molar-refractivity contribution is 0.127. The molecule has 2 N–H and O–H groups in total. The Morgan fingerprint density at radius 2 is 2.06 bits per heavy atom. The van der Waals surface area contributed by atoms with E-state index in [0.717, 1.165) is 12.4 Å². The summed E-state index contributed by atoms with van der Waals surface area (Å²) < 4.78 is 5.63. The number of aliphatic hydroxyl groups excluding tert-OH is 1. The molecule has 3 nitrogen and oxygen atoms in total. The van der Waals surface area contributed by atoms with Crippen LogP contribution in [-0.4, -0.2) is 47.0 Å². The molecular weight excluding hydrogens is 246 g/mol. The van der Waals surface area contributed by atoms with Gasteiger partial charge in [0.2, 0.25) is 0 Å². The summed E-state index contributed by atoms with van der Waals surface area (Å²) in [4.78, 5) is 0. The summed E-state index contributed by atoms with van der Waals surface area (Å²) in [5, 5.41) is 14.3. The van der Waals surface area contributed by atoms with Gasteiger partial charge in [0.1, 0.15) is 0 Å². The van der Waals surface area contributed by atoms with Gasteiger partial charge in [-0.25, -0.2) is 0 Å². The molecule has 0 amide bonds. The van der Waals surface area contributed by atoms with Crippen LogP contribution in [0.25, 0.3) is 0 Å². The third-order valence-electron chi connectivity index (χ3n) is 4.57. The molecule has 0 aromatic heterocycles. The number of rotatable bonds is 7. The molecule has 2 saturated carbocycles. The van der Waals surface area contributed by atoms with Crippen molar-refractivity contribution in [2.24, 2.45) is 5.92 Å². The first kappa shape index (κ1) is 13.2. The summed E-state index contributed by atoms with van der Waals surface area (Å²) in [6.07, 6.45) is 6.72. The highest BCUT2D eigenvalue weighted by Gasteiger charge is 2.47. The summed E-state index contributed by atoms with van der Waals surface area (Å²) in [5.41, 5.74) is -0.00581. The quantitative estimate of drug-likeness (QED) is 0.741. The van der Waals surface area contributed by atoms with Crippen LogP contribution in [-0.2, 0) is 4.74 Å². The highest BCUT2D eigenvalue weighted by Crippen LogP contribution is 2.44. The van der Waals surface area contributed by atoms with E-state index < -0.39 is 0 Å². The van der Waals surface area contributed by atoms with Crippen LogP contribution in [0.4, 0.5) is 0 Å². The van der Waals surface area contributed by atoms with Crippen LogP contribution in [0.15, 0.2) is 0 Å². The number of thioether (sulfide) groups is 1. The molecule has 3 atom stereocenters. The molecule has 0 aromatic carbocycles. The zero-order valence-corrected chi connectivity index (χ0v) is 12.0. The third-order valence-corrected chi connectivity index (χ3v) is 6.30. The minimum absolute atomic E-state index is 0.00581. The van der Waals surface area contributed by atoms with Crippen molar-refractivity contribution >= 4 is 11.8 Å². The van der Waals surface area contributed by atoms with E-state index in [1.807, 2.05) is 11.8 Å². The van der Waals surface area contributed by atoms with Gasteiger partial charge in [0.05, 0.1) is 18.2 Å². The molecule has 3 rings (SSSR count). The van der Waals surface area contributed by atoms with Crippen molar-refractivity contribution < 1.29 is 9.84 Å². The molecule has 0 radical (unpaired) electrons. The molecule has 3 unspecified atom stereocenters. The number of aliphatic hydroxyl groups is 1. The molecule has 1 aliphatic heterocycles. The predicted molar refractivity (Wildman–Crippen MR) is 75.0 cm³/mol. The topological polar surface area (TPSA) is 41.5 Å². The minimum Gasteiger partial charge on any atom is -0.394 e. The van der Waals surface area contributed by atoms with E-state index in [4.69, 9.17) is 4.74 Å². The second-order valence-electron chi connectivity index (χ2n) is 6.22. The summed E-state index contributed by atoms with van der Waals surface area (Å²) in [6, 6.07) is 0.676. The maximum Gasteiger partial charge on any atom is 0.0666 e. The maximum atomic E-state index is 9.90. The van der Waals surface area contributed by atoms with E-state index in [9.17, 15) is 5.11 Å². The number of hydrogen-bond donors (Lipinski definition) is 2. The van der Waals surface area contributed by atoms with E-state index in [0.29, 0.717) is 29.9 Å². The molecule has 3 fully saturated rings. The Kier molecular flexibility index (Phi) is 3.90. The number of hydrogen-bond acceptors (Lipinski definition) is 4. The van der Waals surface area contributed by atoms with Crippen LogP contribution in [0.3, 0.4) is 0 Å². The molecule has 3 aliphatic rings. The van der Waals surface area contributed by atoms with Gasteiger partial charge >= 0.3 is 0 Å². The molecule has 1 heterocycles. The van der Waals surface area contributed by atoms with Crippen molar-refractivity contribution in [1.82, 2.24) is 5.32 Å². The SMILES string of the molecule is CC1OCCC1SCC(CO)(NC1CC1)C1CC1. The van der Waals surface area contributed by atoms with Gasteiger partial charge in [-0.1, -0.05) is 0 Å². The van der Waals surface area contributed by atoms with Gasteiger partial charge in [-0.2, -0.15) is 11.8 Å². The Hall–Kier alpha value is 0.230. The zero-order chi connectivity index (χ0) is 12.6. The molecule has 1 saturated heterocycles. The standard InChI is InChI=1S/C14H25NO2S/c1-10-13(6-7-17-10)18-9-14(8-16,11-2-3-11)15-12-4-5-12/h10-13,15-16H,2-9H2,1H3. The first-order chi connectivity index (χ1) is 8.73. The lowest BCUT2D eigenvalue weighted by Gasteiger charge is -2.34. The van der Waals surface area contributed by atoms with Gasteiger partial charge in [-0.15, -0.1) is 0 Å². The summed E-state index contributed by atoms with van der Waals surface area (Å²) in [5.74, 6) is 1.75. The maximum absolute atomic E-state index is 9.90. The summed E-state index contributed by atoms with van der Waals surface area (Å²) in [6.45, 7) is 3.38. The van der Waals surface area contributed by atoms with Crippen molar-refractivity contribution in [2.75, 3.05) is 19.0 Å². The number of ether oxygens (including phenoxy) is 1. The Bertz CT molecular complexity index is 294. The van der Waals surface area contributed by atoms with Gasteiger partial charge in [-0.05, 0) is 44.9 Å². The van der Waals surface area contributed by atoms with E-state index in [-0.39, 0.29) is 5.54 Å². The lowest BCUT2D eigenvalue weighted by Crippen LogP contribution is -2.54. The molecule has 0 bridgehead atoms. The smallest absolute Gasteiger partial charge is 0.0666 e. The fourth-order valence-electron chi connectivity index (χ4n) is 2.95. The van der Waals surface area contributed by atoms with E-state index in [1.165, 1.54) is 32.1 Å². The van der Waals surface area contributed by atoms with Crippen LogP contribution in [0.2, 0.25) is 0 Å². The Morgan fingerprint density at radius 1 is 1.28 bits per heavy atom. The Labute approximate surface area is 114 Å². The second kappa shape index (κ2) is 5.31. The molecule has 104 valence electrons. The first-order valence-electron chi connectivity index (χ1n) is 7.35. The van der Waals surface area contributed by atoms with Crippen molar-refractivity contribution in [3.63, 3.8) is 0 Å². The van der Waals surface area contributed by atoms with Crippen molar-refractivity contribution in [3.8, 4) is 0 Å². The summed E-state index contributed by atoms with van der Waals surface area (Å²) >= 11 is 2.01. The van der Waals surface area contributed by atoms with Crippen LogP contribution in [0, 0.1) is 5.92 Å². The monoisotopic (exact) mass is 271 g/mol. The summed E-state index contributed by atoms with van der Waals surface area (Å²) in [7, 11) is 0. The molecule has 4 heteroatoms. The fourth-order valence-corrected chi connectivity index (χ4v) is 4.49. The highest BCUT2D eigenvalue weighted by molar-refractivity contribution is 8.00. The van der Waals surface area contributed by atoms with Gasteiger partial charge in [0.15, 0.2) is 0 Å². The number of nitrogens with one attached hydrogen (secondary N) is 1. The fraction of sp³-hybridized carbons (Fsp3) is 1.00. The van der Waals surface area contributed by atoms with E-state index in [2.05, 4.69) is 12.2 Å². The minimum atomic E-state index is -0.00581. The average Bonchev–Trinajstić information content (AvgIpc) is 3.26. The van der Waals surface area contributed by atoms with Crippen LogP contribution >= 0.6 is 11.8 Å². The van der Waals surface area contributed by atoms with Crippen molar-refractivity contribution in [3.05, 3.63) is 0 Å². The largest absolute Gasteiger partial charge is 0.394 e. The highest BCUT2D eigenvalue weighted by atomic mass is 32.2. The molecule has 2 aliphatic carbocycles. The Balaban J connectivity index is 1.57. The zero-order valence-electron chi connectivity index (χ0n) is 11.2. The van der Waals surface area contributed by atoms with Gasteiger partial charge in [0, 0.05) is 23.7 Å². The van der Waals surface area contributed by atoms with Crippen LogP contribution in [0.5, 0.6) is 0 Å². The average molecular weight is 271 g/mol. The van der Waals surface area contributed by atoms with Crippen LogP contribution in [0.1, 0.15) is 39.0 Å². The van der Waals surface area contributed by atoms with Gasteiger partial charge < -0.3 is 15.2 Å². The van der Waals surface area contributed by atoms with Gasteiger partial charge in [-0.3, -0.25) is 0 Å².